The van der Waals surface area contributed by atoms with Crippen molar-refractivity contribution in [3.8, 4) is 0 Å². The number of nitrogens with two attached hydrogens (primary N) is 1. The lowest BCUT2D eigenvalue weighted by atomic mass is 9.87. The lowest BCUT2D eigenvalue weighted by molar-refractivity contribution is 0.0584. The molecule has 1 aliphatic rings. The summed E-state index contributed by atoms with van der Waals surface area (Å²) in [5, 5.41) is 0. The summed E-state index contributed by atoms with van der Waals surface area (Å²) in [6.07, 6.45) is 2.34. The van der Waals surface area contributed by atoms with Gasteiger partial charge in [0.05, 0.1) is 0 Å². The topological polar surface area (TPSA) is 29.3 Å². The Morgan fingerprint density at radius 3 is 2.76 bits per heavy atom. The van der Waals surface area contributed by atoms with Crippen molar-refractivity contribution in [2.45, 2.75) is 51.7 Å². The molecule has 0 spiro atoms. The van der Waals surface area contributed by atoms with E-state index in [1.165, 1.54) is 17.5 Å². The van der Waals surface area contributed by atoms with Crippen LogP contribution in [-0.2, 0) is 6.54 Å². The minimum Gasteiger partial charge on any atom is -0.327 e. The molecule has 1 fully saturated rings. The molecule has 2 rings (SSSR count). The first-order chi connectivity index (χ1) is 7.99. The molecule has 1 heterocycles. The van der Waals surface area contributed by atoms with E-state index in [0.29, 0.717) is 6.04 Å². The number of hydrogen-bond donors (Lipinski definition) is 1. The Labute approximate surface area is 105 Å². The van der Waals surface area contributed by atoms with Crippen LogP contribution >= 0.6 is 0 Å². The zero-order valence-corrected chi connectivity index (χ0v) is 11.2. The highest BCUT2D eigenvalue weighted by Crippen LogP contribution is 2.28. The van der Waals surface area contributed by atoms with Crippen LogP contribution in [0.3, 0.4) is 0 Å². The van der Waals surface area contributed by atoms with E-state index >= 15 is 0 Å². The molecule has 0 bridgehead atoms. The molecule has 17 heavy (non-hydrogen) atoms. The second-order valence-corrected chi connectivity index (χ2v) is 5.92. The largest absolute Gasteiger partial charge is 0.327 e. The van der Waals surface area contributed by atoms with Gasteiger partial charge in [-0.1, -0.05) is 24.3 Å². The van der Waals surface area contributed by atoms with Crippen LogP contribution in [0.25, 0.3) is 0 Å². The number of rotatable bonds is 2. The van der Waals surface area contributed by atoms with Crippen LogP contribution in [0, 0.1) is 6.92 Å². The molecule has 1 unspecified atom stereocenters. The highest BCUT2D eigenvalue weighted by molar-refractivity contribution is 5.25. The van der Waals surface area contributed by atoms with Crippen molar-refractivity contribution in [3.05, 3.63) is 35.4 Å². The molecule has 0 aromatic heterocycles. The fourth-order valence-corrected chi connectivity index (χ4v) is 2.59. The summed E-state index contributed by atoms with van der Waals surface area (Å²) in [5.41, 5.74) is 9.18. The van der Waals surface area contributed by atoms with Crippen molar-refractivity contribution in [2.75, 3.05) is 6.54 Å². The highest BCUT2D eigenvalue weighted by Gasteiger charge is 2.32. The van der Waals surface area contributed by atoms with Gasteiger partial charge in [0, 0.05) is 24.7 Å². The van der Waals surface area contributed by atoms with Crippen LogP contribution in [0.15, 0.2) is 24.3 Å². The maximum absolute atomic E-state index is 6.10. The number of likely N-dealkylation sites (tertiary alicyclic amines) is 1. The third-order valence-corrected chi connectivity index (χ3v) is 4.06. The van der Waals surface area contributed by atoms with E-state index in [1.807, 2.05) is 0 Å². The summed E-state index contributed by atoms with van der Waals surface area (Å²) in [6.45, 7) is 8.88. The van der Waals surface area contributed by atoms with Gasteiger partial charge in [-0.15, -0.1) is 0 Å². The Balaban J connectivity index is 2.14. The second-order valence-electron chi connectivity index (χ2n) is 5.92. The molecule has 0 saturated carbocycles. The number of nitrogens with zero attached hydrogens (tertiary/aromatic N) is 1. The maximum atomic E-state index is 6.10. The number of aryl methyl sites for hydroxylation is 1. The van der Waals surface area contributed by atoms with E-state index in [1.54, 1.807) is 0 Å². The quantitative estimate of drug-likeness (QED) is 0.849. The second kappa shape index (κ2) is 4.79. The summed E-state index contributed by atoms with van der Waals surface area (Å²) in [7, 11) is 0. The predicted molar refractivity (Wildman–Crippen MR) is 72.9 cm³/mol. The monoisotopic (exact) mass is 232 g/mol. The minimum atomic E-state index is 0.276. The lowest BCUT2D eigenvalue weighted by Crippen LogP contribution is -2.53. The lowest BCUT2D eigenvalue weighted by Gasteiger charge is -2.45. The normalized spacial score (nSPS) is 24.8. The predicted octanol–water partition coefficient (Wildman–Crippen LogP) is 2.70. The third-order valence-electron chi connectivity index (χ3n) is 4.06. The molecule has 2 nitrogen and oxygen atoms in total. The Bertz CT molecular complexity index is 384. The van der Waals surface area contributed by atoms with E-state index in [2.05, 4.69) is 49.9 Å². The summed E-state index contributed by atoms with van der Waals surface area (Å²) in [5.74, 6) is 0. The smallest absolute Gasteiger partial charge is 0.0242 e. The number of benzene rings is 1. The minimum absolute atomic E-state index is 0.276. The van der Waals surface area contributed by atoms with Gasteiger partial charge >= 0.3 is 0 Å². The van der Waals surface area contributed by atoms with Crippen molar-refractivity contribution < 1.29 is 0 Å². The molecular formula is C15H24N2. The maximum Gasteiger partial charge on any atom is 0.0242 e. The van der Waals surface area contributed by atoms with Gasteiger partial charge in [-0.2, -0.15) is 0 Å². The molecule has 0 radical (unpaired) electrons. The number of piperidine rings is 1. The van der Waals surface area contributed by atoms with E-state index in [-0.39, 0.29) is 5.54 Å². The summed E-state index contributed by atoms with van der Waals surface area (Å²) < 4.78 is 0. The summed E-state index contributed by atoms with van der Waals surface area (Å²) in [6, 6.07) is 8.98. The number of hydrogen-bond acceptors (Lipinski definition) is 2. The van der Waals surface area contributed by atoms with Crippen molar-refractivity contribution >= 4 is 0 Å². The van der Waals surface area contributed by atoms with Gasteiger partial charge in [0.1, 0.15) is 0 Å². The van der Waals surface area contributed by atoms with Crippen LogP contribution in [-0.4, -0.2) is 23.0 Å². The van der Waals surface area contributed by atoms with Crippen molar-refractivity contribution in [2.24, 2.45) is 5.73 Å². The Kier molecular flexibility index (Phi) is 3.55. The van der Waals surface area contributed by atoms with E-state index in [9.17, 15) is 0 Å². The average Bonchev–Trinajstić information content (AvgIpc) is 2.27. The van der Waals surface area contributed by atoms with E-state index in [4.69, 9.17) is 5.73 Å². The summed E-state index contributed by atoms with van der Waals surface area (Å²) >= 11 is 0. The van der Waals surface area contributed by atoms with Crippen LogP contribution in [0.5, 0.6) is 0 Å². The Morgan fingerprint density at radius 2 is 2.06 bits per heavy atom. The van der Waals surface area contributed by atoms with Gasteiger partial charge in [-0.25, -0.2) is 0 Å². The molecule has 1 saturated heterocycles. The molecule has 94 valence electrons. The van der Waals surface area contributed by atoms with Gasteiger partial charge in [-0.05, 0) is 44.7 Å². The van der Waals surface area contributed by atoms with Crippen molar-refractivity contribution in [1.82, 2.24) is 4.90 Å². The first-order valence-electron chi connectivity index (χ1n) is 6.54. The zero-order chi connectivity index (χ0) is 12.5. The van der Waals surface area contributed by atoms with Gasteiger partial charge in [0.15, 0.2) is 0 Å². The van der Waals surface area contributed by atoms with Gasteiger partial charge in [0.25, 0.3) is 0 Å². The van der Waals surface area contributed by atoms with Gasteiger partial charge < -0.3 is 5.73 Å². The van der Waals surface area contributed by atoms with E-state index in [0.717, 1.165) is 19.5 Å². The molecule has 1 aromatic rings. The van der Waals surface area contributed by atoms with Crippen LogP contribution in [0.4, 0.5) is 0 Å². The first kappa shape index (κ1) is 12.6. The first-order valence-corrected chi connectivity index (χ1v) is 6.54. The van der Waals surface area contributed by atoms with E-state index < -0.39 is 0 Å². The molecule has 2 heteroatoms. The Hall–Kier alpha value is -0.860. The molecule has 2 N–H and O–H groups in total. The summed E-state index contributed by atoms with van der Waals surface area (Å²) in [4.78, 5) is 2.53. The molecular weight excluding hydrogens is 208 g/mol. The molecule has 0 amide bonds. The SMILES string of the molecule is Cc1ccccc1CN1CC(N)CCC1(C)C. The van der Waals surface area contributed by atoms with Crippen LogP contribution in [0.1, 0.15) is 37.8 Å². The van der Waals surface area contributed by atoms with Crippen LogP contribution in [0.2, 0.25) is 0 Å². The van der Waals surface area contributed by atoms with Gasteiger partial charge in [0.2, 0.25) is 0 Å². The molecule has 1 atom stereocenters. The molecule has 1 aromatic carbocycles. The third kappa shape index (κ3) is 2.88. The highest BCUT2D eigenvalue weighted by atomic mass is 15.2. The van der Waals surface area contributed by atoms with Crippen molar-refractivity contribution in [1.29, 1.82) is 0 Å². The fourth-order valence-electron chi connectivity index (χ4n) is 2.59. The van der Waals surface area contributed by atoms with Gasteiger partial charge in [-0.3, -0.25) is 4.90 Å². The average molecular weight is 232 g/mol. The molecule has 0 aliphatic carbocycles. The standard InChI is InChI=1S/C15H24N2/c1-12-6-4-5-7-13(12)10-17-11-14(16)8-9-15(17,2)3/h4-7,14H,8-11,16H2,1-3H3. The molecule has 1 aliphatic heterocycles. The fraction of sp³-hybridized carbons (Fsp3) is 0.600. The zero-order valence-electron chi connectivity index (χ0n) is 11.2. The van der Waals surface area contributed by atoms with Crippen molar-refractivity contribution in [3.63, 3.8) is 0 Å². The van der Waals surface area contributed by atoms with Crippen LogP contribution < -0.4 is 5.73 Å². The Morgan fingerprint density at radius 1 is 1.35 bits per heavy atom.